The molecule has 0 saturated carbocycles. The van der Waals surface area contributed by atoms with Crippen LogP contribution in [-0.2, 0) is 11.2 Å². The molecule has 0 spiro atoms. The third-order valence-corrected chi connectivity index (χ3v) is 6.66. The monoisotopic (exact) mass is 529 g/mol. The number of benzene rings is 3. The van der Waals surface area contributed by atoms with E-state index in [1.807, 2.05) is 12.1 Å². The van der Waals surface area contributed by atoms with Crippen molar-refractivity contribution in [1.82, 2.24) is 4.90 Å². The van der Waals surface area contributed by atoms with Crippen molar-refractivity contribution in [2.45, 2.75) is 12.5 Å². The molecular weight excluding hydrogens is 505 g/mol. The molecule has 3 aromatic carbocycles. The number of carbonyl (C=O) groups is 2. The highest BCUT2D eigenvalue weighted by molar-refractivity contribution is 6.36. The van der Waals surface area contributed by atoms with Crippen LogP contribution >= 0.6 is 23.2 Å². The molecule has 0 N–H and O–H groups in total. The van der Waals surface area contributed by atoms with E-state index in [1.165, 1.54) is 7.11 Å². The van der Waals surface area contributed by atoms with Gasteiger partial charge in [-0.1, -0.05) is 23.2 Å². The standard InChI is InChI=1S/C27H25Cl2NO6/c1-33-24-12-17-10-11-30(26(31)20-9-6-18(28)13-22(20)29)23(21(17)14-25(24)34-2)15-36-19-7-4-16(5-8-19)27(32)35-3/h4-9,12-14,23H,10-11,15H2,1-3H3/t23-/m0/s1. The summed E-state index contributed by atoms with van der Waals surface area (Å²) >= 11 is 12.4. The van der Waals surface area contributed by atoms with Crippen molar-refractivity contribution in [3.8, 4) is 17.2 Å². The molecule has 0 aliphatic carbocycles. The second-order valence-corrected chi connectivity index (χ2v) is 8.97. The van der Waals surface area contributed by atoms with Gasteiger partial charge in [0.05, 0.1) is 43.5 Å². The minimum absolute atomic E-state index is 0.164. The third kappa shape index (κ3) is 5.22. The van der Waals surface area contributed by atoms with E-state index in [9.17, 15) is 9.59 Å². The first kappa shape index (κ1) is 25.7. The van der Waals surface area contributed by atoms with E-state index in [-0.39, 0.29) is 17.5 Å². The molecule has 0 unspecified atom stereocenters. The Balaban J connectivity index is 1.68. The number of rotatable bonds is 7. The van der Waals surface area contributed by atoms with Gasteiger partial charge < -0.3 is 23.8 Å². The third-order valence-electron chi connectivity index (χ3n) is 6.11. The van der Waals surface area contributed by atoms with E-state index in [2.05, 4.69) is 0 Å². The highest BCUT2D eigenvalue weighted by Gasteiger charge is 2.34. The van der Waals surface area contributed by atoms with E-state index in [0.29, 0.717) is 46.4 Å². The fourth-order valence-electron chi connectivity index (χ4n) is 4.25. The zero-order valence-electron chi connectivity index (χ0n) is 20.0. The Morgan fingerprint density at radius 3 is 2.28 bits per heavy atom. The Bertz CT molecular complexity index is 1280. The van der Waals surface area contributed by atoms with Crippen LogP contribution in [0.5, 0.6) is 17.2 Å². The van der Waals surface area contributed by atoms with Gasteiger partial charge >= 0.3 is 5.97 Å². The maximum atomic E-state index is 13.6. The van der Waals surface area contributed by atoms with Crippen LogP contribution in [-0.4, -0.2) is 51.3 Å². The van der Waals surface area contributed by atoms with Gasteiger partial charge in [-0.2, -0.15) is 0 Å². The average molecular weight is 530 g/mol. The smallest absolute Gasteiger partial charge is 0.337 e. The fraction of sp³-hybridized carbons (Fsp3) is 0.259. The summed E-state index contributed by atoms with van der Waals surface area (Å²) in [6.45, 7) is 0.618. The highest BCUT2D eigenvalue weighted by atomic mass is 35.5. The second-order valence-electron chi connectivity index (χ2n) is 8.12. The number of carbonyl (C=O) groups excluding carboxylic acids is 2. The first-order chi connectivity index (χ1) is 17.4. The number of amides is 1. The summed E-state index contributed by atoms with van der Waals surface area (Å²) in [6.07, 6.45) is 0.622. The van der Waals surface area contributed by atoms with Gasteiger partial charge in [0.1, 0.15) is 12.4 Å². The quantitative estimate of drug-likeness (QED) is 0.370. The topological polar surface area (TPSA) is 74.3 Å². The summed E-state index contributed by atoms with van der Waals surface area (Å²) in [5.41, 5.74) is 2.70. The molecule has 7 nitrogen and oxygen atoms in total. The molecule has 0 fully saturated rings. The predicted molar refractivity (Wildman–Crippen MR) is 137 cm³/mol. The normalized spacial score (nSPS) is 14.6. The van der Waals surface area contributed by atoms with Crippen molar-refractivity contribution in [1.29, 1.82) is 0 Å². The van der Waals surface area contributed by atoms with Crippen LogP contribution in [0.4, 0.5) is 0 Å². The minimum atomic E-state index is -0.437. The summed E-state index contributed by atoms with van der Waals surface area (Å²) in [5, 5.41) is 0.733. The number of fused-ring (bicyclic) bond motifs is 1. The Morgan fingerprint density at radius 2 is 1.64 bits per heavy atom. The number of halogens is 2. The number of nitrogens with zero attached hydrogens (tertiary/aromatic N) is 1. The molecule has 1 amide bonds. The lowest BCUT2D eigenvalue weighted by molar-refractivity contribution is 0.0583. The molecular formula is C27H25Cl2NO6. The van der Waals surface area contributed by atoms with Crippen LogP contribution in [0.1, 0.15) is 37.9 Å². The number of ether oxygens (including phenoxy) is 4. The van der Waals surface area contributed by atoms with Crippen molar-refractivity contribution in [2.24, 2.45) is 0 Å². The molecule has 0 saturated heterocycles. The van der Waals surface area contributed by atoms with Crippen molar-refractivity contribution < 1.29 is 28.5 Å². The molecule has 3 aromatic rings. The van der Waals surface area contributed by atoms with Gasteiger partial charge in [0.25, 0.3) is 5.91 Å². The molecule has 9 heteroatoms. The van der Waals surface area contributed by atoms with E-state index >= 15 is 0 Å². The van der Waals surface area contributed by atoms with Crippen LogP contribution in [0.15, 0.2) is 54.6 Å². The fourth-order valence-corrected chi connectivity index (χ4v) is 4.74. The van der Waals surface area contributed by atoms with Crippen molar-refractivity contribution >= 4 is 35.1 Å². The van der Waals surface area contributed by atoms with Crippen molar-refractivity contribution in [3.63, 3.8) is 0 Å². The van der Waals surface area contributed by atoms with Gasteiger partial charge in [0, 0.05) is 11.6 Å². The van der Waals surface area contributed by atoms with Crippen LogP contribution in [0.3, 0.4) is 0 Å². The van der Waals surface area contributed by atoms with Crippen LogP contribution in [0.25, 0.3) is 0 Å². The minimum Gasteiger partial charge on any atom is -0.493 e. The first-order valence-corrected chi connectivity index (χ1v) is 11.9. The molecule has 0 radical (unpaired) electrons. The lowest BCUT2D eigenvalue weighted by atomic mass is 9.91. The lowest BCUT2D eigenvalue weighted by Crippen LogP contribution is -2.42. The summed E-state index contributed by atoms with van der Waals surface area (Å²) < 4.78 is 21.8. The van der Waals surface area contributed by atoms with Gasteiger partial charge in [-0.25, -0.2) is 4.79 Å². The largest absolute Gasteiger partial charge is 0.493 e. The molecule has 0 bridgehead atoms. The second kappa shape index (κ2) is 11.1. The Hall–Kier alpha value is -3.42. The van der Waals surface area contributed by atoms with Gasteiger partial charge in [-0.15, -0.1) is 0 Å². The molecule has 1 heterocycles. The van der Waals surface area contributed by atoms with Crippen molar-refractivity contribution in [2.75, 3.05) is 34.5 Å². The zero-order chi connectivity index (χ0) is 25.8. The lowest BCUT2D eigenvalue weighted by Gasteiger charge is -2.38. The number of esters is 1. The van der Waals surface area contributed by atoms with Gasteiger partial charge in [0.15, 0.2) is 11.5 Å². The van der Waals surface area contributed by atoms with E-state index in [4.69, 9.17) is 42.1 Å². The molecule has 36 heavy (non-hydrogen) atoms. The first-order valence-electron chi connectivity index (χ1n) is 11.2. The SMILES string of the molecule is COC(=O)c1ccc(OC[C@H]2c3cc(OC)c(OC)cc3CCN2C(=O)c2ccc(Cl)cc2Cl)cc1. The van der Waals surface area contributed by atoms with Gasteiger partial charge in [-0.3, -0.25) is 4.79 Å². The predicted octanol–water partition coefficient (Wildman–Crippen LogP) is 5.62. The molecule has 1 atom stereocenters. The summed E-state index contributed by atoms with van der Waals surface area (Å²) in [6, 6.07) is 14.8. The van der Waals surface area contributed by atoms with Crippen LogP contribution in [0.2, 0.25) is 10.0 Å². The highest BCUT2D eigenvalue weighted by Crippen LogP contribution is 2.39. The number of hydrogen-bond acceptors (Lipinski definition) is 6. The Morgan fingerprint density at radius 1 is 0.944 bits per heavy atom. The van der Waals surface area contributed by atoms with Crippen LogP contribution in [0, 0.1) is 0 Å². The number of hydrogen-bond donors (Lipinski definition) is 0. The van der Waals surface area contributed by atoms with Gasteiger partial charge in [0.2, 0.25) is 0 Å². The summed E-state index contributed by atoms with van der Waals surface area (Å²) in [5.74, 6) is 1.07. The zero-order valence-corrected chi connectivity index (χ0v) is 21.6. The molecule has 0 aromatic heterocycles. The van der Waals surface area contributed by atoms with E-state index in [1.54, 1.807) is 61.6 Å². The van der Waals surface area contributed by atoms with E-state index < -0.39 is 12.0 Å². The average Bonchev–Trinajstić information content (AvgIpc) is 2.90. The Kier molecular flexibility index (Phi) is 7.91. The molecule has 4 rings (SSSR count). The number of methoxy groups -OCH3 is 3. The molecule has 188 valence electrons. The maximum absolute atomic E-state index is 13.6. The van der Waals surface area contributed by atoms with E-state index in [0.717, 1.165) is 11.1 Å². The molecule has 1 aliphatic heterocycles. The van der Waals surface area contributed by atoms with Crippen molar-refractivity contribution in [3.05, 3.63) is 86.9 Å². The van der Waals surface area contributed by atoms with Crippen LogP contribution < -0.4 is 14.2 Å². The molecule has 1 aliphatic rings. The summed E-state index contributed by atoms with van der Waals surface area (Å²) in [7, 11) is 4.48. The summed E-state index contributed by atoms with van der Waals surface area (Å²) in [4.78, 5) is 27.1. The Labute approximate surface area is 219 Å². The maximum Gasteiger partial charge on any atom is 0.337 e. The van der Waals surface area contributed by atoms with Gasteiger partial charge in [-0.05, 0) is 72.1 Å².